The van der Waals surface area contributed by atoms with Crippen LogP contribution in [0.2, 0.25) is 0 Å². The van der Waals surface area contributed by atoms with E-state index >= 15 is 0 Å². The van der Waals surface area contributed by atoms with Gasteiger partial charge in [0.2, 0.25) is 11.8 Å². The summed E-state index contributed by atoms with van der Waals surface area (Å²) in [5, 5.41) is 3.07. The molecule has 0 saturated carbocycles. The molecule has 1 saturated heterocycles. The van der Waals surface area contributed by atoms with Gasteiger partial charge in [0.05, 0.1) is 6.42 Å². The Morgan fingerprint density at radius 1 is 1.00 bits per heavy atom. The second-order valence-corrected chi connectivity index (χ2v) is 7.55. The number of carbonyl (C=O) groups excluding carboxylic acids is 2. The van der Waals surface area contributed by atoms with E-state index in [1.807, 2.05) is 68.1 Å². The summed E-state index contributed by atoms with van der Waals surface area (Å²) in [4.78, 5) is 27.0. The van der Waals surface area contributed by atoms with Crippen molar-refractivity contribution in [3.8, 4) is 0 Å². The molecular weight excluding hydrogens is 336 g/mol. The van der Waals surface area contributed by atoms with Crippen LogP contribution in [-0.2, 0) is 16.0 Å². The number of carbonyl (C=O) groups is 2. The molecule has 142 valence electrons. The molecule has 1 heterocycles. The summed E-state index contributed by atoms with van der Waals surface area (Å²) in [6, 6.07) is 14.0. The summed E-state index contributed by atoms with van der Waals surface area (Å²) in [5.74, 6) is 0.176. The summed E-state index contributed by atoms with van der Waals surface area (Å²) in [5.41, 5.74) is 5.40. The van der Waals surface area contributed by atoms with E-state index < -0.39 is 0 Å². The van der Waals surface area contributed by atoms with Crippen molar-refractivity contribution in [2.75, 3.05) is 18.4 Å². The first-order chi connectivity index (χ1) is 12.9. The minimum absolute atomic E-state index is 0.0339. The molecule has 0 spiro atoms. The van der Waals surface area contributed by atoms with Crippen molar-refractivity contribution in [1.29, 1.82) is 0 Å². The Bertz CT molecular complexity index is 819. The van der Waals surface area contributed by atoms with Gasteiger partial charge < -0.3 is 10.2 Å². The highest BCUT2D eigenvalue weighted by molar-refractivity contribution is 5.93. The fourth-order valence-corrected chi connectivity index (χ4v) is 3.50. The zero-order chi connectivity index (χ0) is 19.4. The number of aryl methyl sites for hydroxylation is 2. The summed E-state index contributed by atoms with van der Waals surface area (Å²) >= 11 is 0. The average Bonchev–Trinajstić information content (AvgIpc) is 2.67. The highest BCUT2D eigenvalue weighted by Crippen LogP contribution is 2.23. The summed E-state index contributed by atoms with van der Waals surface area (Å²) in [7, 11) is 0. The third kappa shape index (κ3) is 4.76. The Labute approximate surface area is 161 Å². The van der Waals surface area contributed by atoms with Crippen molar-refractivity contribution < 1.29 is 9.59 Å². The van der Waals surface area contributed by atoms with Gasteiger partial charge in [0.25, 0.3) is 0 Å². The number of hydrogen-bond acceptors (Lipinski definition) is 2. The Morgan fingerprint density at radius 2 is 1.67 bits per heavy atom. The van der Waals surface area contributed by atoms with Gasteiger partial charge in [0.1, 0.15) is 0 Å². The van der Waals surface area contributed by atoms with Crippen LogP contribution < -0.4 is 5.32 Å². The number of piperidine rings is 1. The fraction of sp³-hybridized carbons (Fsp3) is 0.391. The Morgan fingerprint density at radius 3 is 2.33 bits per heavy atom. The van der Waals surface area contributed by atoms with E-state index in [2.05, 4.69) is 5.32 Å². The molecule has 0 atom stereocenters. The maximum atomic E-state index is 12.6. The lowest BCUT2D eigenvalue weighted by Gasteiger charge is -2.31. The SMILES string of the molecule is Cc1ccc(CC(=O)N2CCC(C(=O)Nc3cccc(C)c3C)CC2)cc1. The van der Waals surface area contributed by atoms with E-state index in [1.54, 1.807) is 0 Å². The van der Waals surface area contributed by atoms with E-state index in [9.17, 15) is 9.59 Å². The van der Waals surface area contributed by atoms with Gasteiger partial charge in [0, 0.05) is 24.7 Å². The first kappa shape index (κ1) is 19.2. The maximum absolute atomic E-state index is 12.6. The Kier molecular flexibility index (Phi) is 5.94. The predicted octanol–water partition coefficient (Wildman–Crippen LogP) is 4.03. The van der Waals surface area contributed by atoms with Crippen LogP contribution in [0, 0.1) is 26.7 Å². The highest BCUT2D eigenvalue weighted by Gasteiger charge is 2.27. The lowest BCUT2D eigenvalue weighted by Crippen LogP contribution is -2.42. The monoisotopic (exact) mass is 364 g/mol. The predicted molar refractivity (Wildman–Crippen MR) is 109 cm³/mol. The third-order valence-corrected chi connectivity index (χ3v) is 5.56. The van der Waals surface area contributed by atoms with Crippen molar-refractivity contribution in [3.63, 3.8) is 0 Å². The van der Waals surface area contributed by atoms with Crippen molar-refractivity contribution in [3.05, 3.63) is 64.7 Å². The van der Waals surface area contributed by atoms with E-state index in [-0.39, 0.29) is 17.7 Å². The standard InChI is InChI=1S/C23H28N2O2/c1-16-7-9-19(10-8-16)15-22(26)25-13-11-20(12-14-25)23(27)24-21-6-4-5-17(2)18(21)3/h4-10,20H,11-15H2,1-3H3,(H,24,27). The molecule has 1 N–H and O–H groups in total. The van der Waals surface area contributed by atoms with Crippen LogP contribution in [0.4, 0.5) is 5.69 Å². The smallest absolute Gasteiger partial charge is 0.227 e. The van der Waals surface area contributed by atoms with Crippen LogP contribution in [0.15, 0.2) is 42.5 Å². The van der Waals surface area contributed by atoms with Gasteiger partial charge in [-0.3, -0.25) is 9.59 Å². The Hall–Kier alpha value is -2.62. The van der Waals surface area contributed by atoms with Crippen molar-refractivity contribution in [2.45, 2.75) is 40.0 Å². The molecule has 0 radical (unpaired) electrons. The molecule has 0 aromatic heterocycles. The summed E-state index contributed by atoms with van der Waals surface area (Å²) in [6.45, 7) is 7.41. The largest absolute Gasteiger partial charge is 0.342 e. The molecule has 1 aliphatic rings. The quantitative estimate of drug-likeness (QED) is 0.890. The lowest BCUT2D eigenvalue weighted by molar-refractivity contribution is -0.133. The van der Waals surface area contributed by atoms with Crippen LogP contribution in [0.5, 0.6) is 0 Å². The number of benzene rings is 2. The van der Waals surface area contributed by atoms with Gasteiger partial charge in [-0.15, -0.1) is 0 Å². The number of likely N-dealkylation sites (tertiary alicyclic amines) is 1. The summed E-state index contributed by atoms with van der Waals surface area (Å²) in [6.07, 6.45) is 1.87. The number of hydrogen-bond donors (Lipinski definition) is 1. The first-order valence-corrected chi connectivity index (χ1v) is 9.64. The Balaban J connectivity index is 1.52. The number of rotatable bonds is 4. The van der Waals surface area contributed by atoms with Crippen molar-refractivity contribution in [1.82, 2.24) is 4.90 Å². The number of nitrogens with one attached hydrogen (secondary N) is 1. The zero-order valence-electron chi connectivity index (χ0n) is 16.4. The van der Waals surface area contributed by atoms with E-state index in [4.69, 9.17) is 0 Å². The zero-order valence-corrected chi connectivity index (χ0v) is 16.4. The van der Waals surface area contributed by atoms with Gasteiger partial charge in [0.15, 0.2) is 0 Å². The molecule has 2 aromatic carbocycles. The molecule has 0 aliphatic carbocycles. The molecule has 4 nitrogen and oxygen atoms in total. The second kappa shape index (κ2) is 8.38. The number of nitrogens with zero attached hydrogens (tertiary/aromatic N) is 1. The molecule has 4 heteroatoms. The van der Waals surface area contributed by atoms with E-state index in [0.29, 0.717) is 19.5 Å². The number of anilines is 1. The lowest BCUT2D eigenvalue weighted by atomic mass is 9.95. The molecule has 2 amide bonds. The minimum Gasteiger partial charge on any atom is -0.342 e. The van der Waals surface area contributed by atoms with E-state index in [1.165, 1.54) is 11.1 Å². The van der Waals surface area contributed by atoms with Crippen molar-refractivity contribution in [2.24, 2.45) is 5.92 Å². The van der Waals surface area contributed by atoms with Gasteiger partial charge in [-0.1, -0.05) is 42.0 Å². The van der Waals surface area contributed by atoms with Crippen LogP contribution in [0.3, 0.4) is 0 Å². The van der Waals surface area contributed by atoms with Gasteiger partial charge in [-0.25, -0.2) is 0 Å². The molecular formula is C23H28N2O2. The normalized spacial score (nSPS) is 14.9. The maximum Gasteiger partial charge on any atom is 0.227 e. The van der Waals surface area contributed by atoms with Gasteiger partial charge in [-0.2, -0.15) is 0 Å². The second-order valence-electron chi connectivity index (χ2n) is 7.55. The molecule has 27 heavy (non-hydrogen) atoms. The highest BCUT2D eigenvalue weighted by atomic mass is 16.2. The number of amides is 2. The average molecular weight is 364 g/mol. The van der Waals surface area contributed by atoms with Crippen LogP contribution in [0.25, 0.3) is 0 Å². The van der Waals surface area contributed by atoms with Gasteiger partial charge in [-0.05, 0) is 56.4 Å². The van der Waals surface area contributed by atoms with Crippen LogP contribution >= 0.6 is 0 Å². The van der Waals surface area contributed by atoms with E-state index in [0.717, 1.165) is 29.7 Å². The van der Waals surface area contributed by atoms with Crippen LogP contribution in [-0.4, -0.2) is 29.8 Å². The molecule has 0 bridgehead atoms. The van der Waals surface area contributed by atoms with Crippen molar-refractivity contribution >= 4 is 17.5 Å². The first-order valence-electron chi connectivity index (χ1n) is 9.64. The topological polar surface area (TPSA) is 49.4 Å². The van der Waals surface area contributed by atoms with Crippen LogP contribution in [0.1, 0.15) is 35.1 Å². The molecule has 0 unspecified atom stereocenters. The minimum atomic E-state index is -0.0339. The van der Waals surface area contributed by atoms with Gasteiger partial charge >= 0.3 is 0 Å². The molecule has 2 aromatic rings. The fourth-order valence-electron chi connectivity index (χ4n) is 3.50. The summed E-state index contributed by atoms with van der Waals surface area (Å²) < 4.78 is 0. The molecule has 1 fully saturated rings. The molecule has 3 rings (SSSR count). The third-order valence-electron chi connectivity index (χ3n) is 5.56. The molecule has 1 aliphatic heterocycles.